The van der Waals surface area contributed by atoms with Crippen molar-refractivity contribution >= 4 is 32.2 Å². The molecular formula is C25H46O16P2. The number of aliphatic hydroxyl groups is 4. The largest absolute Gasteiger partial charge is 0.463 e. The highest BCUT2D eigenvalue weighted by molar-refractivity contribution is 7.63. The molecule has 0 aromatic carbocycles. The number of aliphatic hydroxyl groups excluding tert-OH is 4. The van der Waals surface area contributed by atoms with E-state index in [9.17, 15) is 33.7 Å². The van der Waals surface area contributed by atoms with Crippen LogP contribution in [-0.4, -0.2) is 146 Å². The Morgan fingerprint density at radius 3 is 1.70 bits per heavy atom. The molecule has 252 valence electrons. The maximum absolute atomic E-state index is 12.3. The van der Waals surface area contributed by atoms with Crippen molar-refractivity contribution in [1.82, 2.24) is 0 Å². The van der Waals surface area contributed by atoms with Crippen LogP contribution in [0.5, 0.6) is 0 Å². The normalized spacial score (nSPS) is 30.5. The second kappa shape index (κ2) is 17.3. The lowest BCUT2D eigenvalue weighted by Crippen LogP contribution is -2.35. The van der Waals surface area contributed by atoms with Gasteiger partial charge in [0.05, 0.1) is 25.9 Å². The minimum atomic E-state index is -2.71. The zero-order valence-corrected chi connectivity index (χ0v) is 27.5. The van der Waals surface area contributed by atoms with E-state index < -0.39 is 93.6 Å². The van der Waals surface area contributed by atoms with E-state index in [1.165, 1.54) is 47.4 Å². The van der Waals surface area contributed by atoms with Crippen LogP contribution in [0.25, 0.3) is 0 Å². The van der Waals surface area contributed by atoms with Gasteiger partial charge in [0, 0.05) is 26.7 Å². The number of carbonyl (C=O) groups excluding carboxylic acids is 3. The van der Waals surface area contributed by atoms with Crippen LogP contribution in [0.3, 0.4) is 0 Å². The van der Waals surface area contributed by atoms with E-state index >= 15 is 0 Å². The summed E-state index contributed by atoms with van der Waals surface area (Å²) in [7, 11) is -5.33. The molecule has 2 rings (SSSR count). The smallest absolute Gasteiger partial charge is 0.305 e. The van der Waals surface area contributed by atoms with Crippen LogP contribution >= 0.6 is 14.3 Å². The van der Waals surface area contributed by atoms with Gasteiger partial charge in [0.2, 0.25) is 6.29 Å². The molecule has 10 atom stereocenters. The maximum atomic E-state index is 12.3. The van der Waals surface area contributed by atoms with Crippen molar-refractivity contribution in [3.8, 4) is 0 Å². The standard InChI is InChI=1S/C16H27O9P.C9H19O7P/c1-9-13(7-22-14(26(5,6)20)8-21-10(2)17)25-16(24-12(4)19)15(9)23-11(3)18;1-17(2,14)6(3-10)15-4-5-7(11)8(12)9(13)16-5/h9,13-16H,7-8H2,1-6H3;5-13H,3-4H2,1-2H3/t9-,13-,14?,15?,16-;5-,6?,7-,8-,9-/m11/s1. The van der Waals surface area contributed by atoms with E-state index in [2.05, 4.69) is 0 Å². The highest BCUT2D eigenvalue weighted by atomic mass is 31.2. The first kappa shape index (κ1) is 39.6. The zero-order chi connectivity index (χ0) is 33.3. The van der Waals surface area contributed by atoms with Gasteiger partial charge in [-0.1, -0.05) is 6.92 Å². The van der Waals surface area contributed by atoms with E-state index in [0.717, 1.165) is 0 Å². The molecule has 0 radical (unpaired) electrons. The van der Waals surface area contributed by atoms with Crippen LogP contribution in [0, 0.1) is 5.92 Å². The fourth-order valence-corrected chi connectivity index (χ4v) is 5.66. The molecule has 0 saturated carbocycles. The Morgan fingerprint density at radius 1 is 0.767 bits per heavy atom. The molecular weight excluding hydrogens is 618 g/mol. The number of carbonyl (C=O) groups is 3. The highest BCUT2D eigenvalue weighted by Crippen LogP contribution is 2.44. The summed E-state index contributed by atoms with van der Waals surface area (Å²) in [6, 6.07) is 0. The van der Waals surface area contributed by atoms with Crippen LogP contribution in [0.2, 0.25) is 0 Å². The van der Waals surface area contributed by atoms with Crippen molar-refractivity contribution in [1.29, 1.82) is 0 Å². The third-order valence-corrected chi connectivity index (χ3v) is 9.87. The Bertz CT molecular complexity index is 1010. The Morgan fingerprint density at radius 2 is 1.28 bits per heavy atom. The van der Waals surface area contributed by atoms with Gasteiger partial charge in [-0.05, 0) is 26.7 Å². The molecule has 4 N–H and O–H groups in total. The number of hydrogen-bond donors (Lipinski definition) is 4. The lowest BCUT2D eigenvalue weighted by Gasteiger charge is -2.24. The molecule has 0 aromatic heterocycles. The first-order valence-electron chi connectivity index (χ1n) is 13.4. The minimum absolute atomic E-state index is 0.00823. The molecule has 0 spiro atoms. The van der Waals surface area contributed by atoms with E-state index in [-0.39, 0.29) is 25.7 Å². The summed E-state index contributed by atoms with van der Waals surface area (Å²) >= 11 is 0. The first-order chi connectivity index (χ1) is 19.7. The molecule has 2 fully saturated rings. The van der Waals surface area contributed by atoms with Gasteiger partial charge in [-0.3, -0.25) is 14.4 Å². The van der Waals surface area contributed by atoms with Gasteiger partial charge in [-0.2, -0.15) is 0 Å². The molecule has 2 saturated heterocycles. The second-order valence-corrected chi connectivity index (χ2v) is 17.9. The molecule has 0 amide bonds. The minimum Gasteiger partial charge on any atom is -0.463 e. The summed E-state index contributed by atoms with van der Waals surface area (Å²) in [5.74, 6) is -3.55. The van der Waals surface area contributed by atoms with Crippen LogP contribution in [0.15, 0.2) is 0 Å². The molecule has 18 heteroatoms. The highest BCUT2D eigenvalue weighted by Gasteiger charge is 2.47. The summed E-state index contributed by atoms with van der Waals surface area (Å²) < 4.78 is 60.5. The third kappa shape index (κ3) is 13.2. The van der Waals surface area contributed by atoms with Crippen molar-refractivity contribution < 1.29 is 77.1 Å². The van der Waals surface area contributed by atoms with Crippen LogP contribution < -0.4 is 0 Å². The molecule has 2 aliphatic rings. The lowest BCUT2D eigenvalue weighted by molar-refractivity contribution is -0.196. The predicted octanol–water partition coefficient (Wildman–Crippen LogP) is -0.246. The van der Waals surface area contributed by atoms with E-state index in [1.807, 2.05) is 0 Å². The molecule has 2 aliphatic heterocycles. The summed E-state index contributed by atoms with van der Waals surface area (Å²) in [5, 5.41) is 36.8. The van der Waals surface area contributed by atoms with Crippen LogP contribution in [0.1, 0.15) is 27.7 Å². The van der Waals surface area contributed by atoms with Gasteiger partial charge >= 0.3 is 17.9 Å². The van der Waals surface area contributed by atoms with E-state index in [1.54, 1.807) is 6.92 Å². The SMILES string of the molecule is CC(=O)OCC(OC[C@H]1O[C@@H](OC(C)=O)C(OC(C)=O)[C@@H]1C)P(C)(C)=O.CP(C)(=O)C(CO)OC[C@H]1O[C@@H](O)[C@H](O)[C@@H]1O. The van der Waals surface area contributed by atoms with E-state index in [0.29, 0.717) is 0 Å². The number of ether oxygens (including phenoxy) is 7. The molecule has 16 nitrogen and oxygen atoms in total. The number of esters is 3. The average Bonchev–Trinajstić information content (AvgIpc) is 3.27. The Labute approximate surface area is 251 Å². The molecule has 3 unspecified atom stereocenters. The summed E-state index contributed by atoms with van der Waals surface area (Å²) in [4.78, 5) is 33.5. The van der Waals surface area contributed by atoms with Crippen LogP contribution in [0.4, 0.5) is 0 Å². The van der Waals surface area contributed by atoms with Crippen molar-refractivity contribution in [3.63, 3.8) is 0 Å². The van der Waals surface area contributed by atoms with Gasteiger partial charge in [0.25, 0.3) is 0 Å². The Hall–Kier alpha value is -1.45. The topological polar surface area (TPSA) is 231 Å². The quantitative estimate of drug-likeness (QED) is 0.113. The molecule has 43 heavy (non-hydrogen) atoms. The van der Waals surface area contributed by atoms with Crippen molar-refractivity contribution in [2.75, 3.05) is 53.1 Å². The van der Waals surface area contributed by atoms with Gasteiger partial charge in [-0.25, -0.2) is 0 Å². The van der Waals surface area contributed by atoms with Crippen molar-refractivity contribution in [2.24, 2.45) is 5.92 Å². The zero-order valence-electron chi connectivity index (χ0n) is 25.7. The van der Waals surface area contributed by atoms with Crippen molar-refractivity contribution in [2.45, 2.75) is 82.5 Å². The van der Waals surface area contributed by atoms with Crippen LogP contribution in [-0.2, 0) is 56.7 Å². The van der Waals surface area contributed by atoms with Gasteiger partial charge in [0.15, 0.2) is 12.4 Å². The Kier molecular flexibility index (Phi) is 15.9. The summed E-state index contributed by atoms with van der Waals surface area (Å²) in [6.45, 7) is 10.8. The maximum Gasteiger partial charge on any atom is 0.305 e. The lowest BCUT2D eigenvalue weighted by atomic mass is 10.0. The molecule has 2 heterocycles. The number of hydrogen-bond acceptors (Lipinski definition) is 16. The van der Waals surface area contributed by atoms with Gasteiger partial charge < -0.3 is 62.7 Å². The predicted molar refractivity (Wildman–Crippen MR) is 150 cm³/mol. The second-order valence-electron chi connectivity index (χ2n) is 11.1. The van der Waals surface area contributed by atoms with Gasteiger partial charge in [0.1, 0.15) is 50.9 Å². The molecule has 0 bridgehead atoms. The summed E-state index contributed by atoms with van der Waals surface area (Å²) in [6.07, 6.45) is -7.38. The average molecular weight is 665 g/mol. The summed E-state index contributed by atoms with van der Waals surface area (Å²) in [5.41, 5.74) is 0. The monoisotopic (exact) mass is 664 g/mol. The van der Waals surface area contributed by atoms with E-state index in [4.69, 9.17) is 43.4 Å². The third-order valence-electron chi connectivity index (χ3n) is 6.48. The fourth-order valence-electron chi connectivity index (χ4n) is 3.94. The molecule has 0 aromatic rings. The fraction of sp³-hybridized carbons (Fsp3) is 0.880. The first-order valence-corrected chi connectivity index (χ1v) is 18.8. The number of rotatable bonds is 13. The van der Waals surface area contributed by atoms with Gasteiger partial charge in [-0.15, -0.1) is 0 Å². The Balaban J connectivity index is 0.000000469. The molecule has 0 aliphatic carbocycles. The van der Waals surface area contributed by atoms with Crippen molar-refractivity contribution in [3.05, 3.63) is 0 Å².